The smallest absolute Gasteiger partial charge is 0.224 e. The zero-order valence-corrected chi connectivity index (χ0v) is 11.0. The first-order chi connectivity index (χ1) is 9.54. The van der Waals surface area contributed by atoms with Crippen molar-refractivity contribution in [1.82, 2.24) is 0 Å². The highest BCUT2D eigenvalue weighted by molar-refractivity contribution is 5.92. The number of rotatable bonds is 5. The number of amides is 1. The van der Waals surface area contributed by atoms with Crippen molar-refractivity contribution in [2.45, 2.75) is 19.8 Å². The van der Waals surface area contributed by atoms with Gasteiger partial charge in [-0.05, 0) is 49.7 Å². The quantitative estimate of drug-likeness (QED) is 0.898. The molecule has 0 atom stereocenters. The summed E-state index contributed by atoms with van der Waals surface area (Å²) in [6.07, 6.45) is -0.378. The van der Waals surface area contributed by atoms with Crippen molar-refractivity contribution in [1.29, 1.82) is 0 Å². The molecule has 0 radical (unpaired) electrons. The molecule has 0 saturated carbocycles. The van der Waals surface area contributed by atoms with Crippen molar-refractivity contribution in [3.8, 4) is 11.3 Å². The molecule has 2 rings (SSSR count). The van der Waals surface area contributed by atoms with Crippen molar-refractivity contribution in [3.63, 3.8) is 0 Å². The molecular formula is C15H14NO4-. The first-order valence-electron chi connectivity index (χ1n) is 6.21. The Bertz CT molecular complexity index is 613. The molecule has 20 heavy (non-hydrogen) atoms. The molecule has 5 nitrogen and oxygen atoms in total. The minimum absolute atomic E-state index is 0.0958. The average molecular weight is 272 g/mol. The highest BCUT2D eigenvalue weighted by Crippen LogP contribution is 2.23. The Morgan fingerprint density at radius 3 is 2.35 bits per heavy atom. The highest BCUT2D eigenvalue weighted by atomic mass is 16.4. The molecule has 5 heteroatoms. The van der Waals surface area contributed by atoms with Gasteiger partial charge < -0.3 is 19.6 Å². The van der Waals surface area contributed by atoms with Crippen LogP contribution in [0.4, 0.5) is 5.69 Å². The van der Waals surface area contributed by atoms with Crippen LogP contribution in [-0.2, 0) is 9.59 Å². The van der Waals surface area contributed by atoms with Crippen LogP contribution in [0.5, 0.6) is 0 Å². The van der Waals surface area contributed by atoms with E-state index in [1.54, 1.807) is 12.1 Å². The number of hydrogen-bond donors (Lipinski definition) is 1. The van der Waals surface area contributed by atoms with E-state index in [2.05, 4.69) is 5.32 Å². The summed E-state index contributed by atoms with van der Waals surface area (Å²) < 4.78 is 5.50. The van der Waals surface area contributed by atoms with Gasteiger partial charge in [-0.25, -0.2) is 0 Å². The van der Waals surface area contributed by atoms with Crippen LogP contribution in [0.1, 0.15) is 18.6 Å². The lowest BCUT2D eigenvalue weighted by atomic mass is 10.1. The SMILES string of the molecule is Cc1ccc(-c2ccc(NC(=O)CCC(=O)[O-])cc2)o1. The van der Waals surface area contributed by atoms with E-state index in [1.807, 2.05) is 31.2 Å². The molecule has 104 valence electrons. The second kappa shape index (κ2) is 6.06. The van der Waals surface area contributed by atoms with Gasteiger partial charge in [-0.1, -0.05) is 0 Å². The summed E-state index contributed by atoms with van der Waals surface area (Å²) in [6, 6.07) is 10.9. The van der Waals surface area contributed by atoms with E-state index >= 15 is 0 Å². The fourth-order valence-electron chi connectivity index (χ4n) is 1.75. The molecule has 0 aliphatic carbocycles. The lowest BCUT2D eigenvalue weighted by Crippen LogP contribution is -2.24. The Labute approximate surface area is 116 Å². The van der Waals surface area contributed by atoms with Gasteiger partial charge in [-0.3, -0.25) is 4.79 Å². The first-order valence-corrected chi connectivity index (χ1v) is 6.21. The highest BCUT2D eigenvalue weighted by Gasteiger charge is 2.05. The number of furan rings is 1. The number of benzene rings is 1. The Balaban J connectivity index is 1.98. The third kappa shape index (κ3) is 3.71. The second-order valence-corrected chi connectivity index (χ2v) is 4.41. The average Bonchev–Trinajstić information content (AvgIpc) is 2.84. The monoisotopic (exact) mass is 272 g/mol. The van der Waals surface area contributed by atoms with Gasteiger partial charge in [-0.2, -0.15) is 0 Å². The van der Waals surface area contributed by atoms with Crippen LogP contribution in [0.2, 0.25) is 0 Å². The Morgan fingerprint density at radius 2 is 1.80 bits per heavy atom. The van der Waals surface area contributed by atoms with E-state index < -0.39 is 5.97 Å². The van der Waals surface area contributed by atoms with Crippen LogP contribution in [0.25, 0.3) is 11.3 Å². The number of aliphatic carboxylic acids is 1. The molecule has 0 aliphatic heterocycles. The molecule has 1 amide bonds. The van der Waals surface area contributed by atoms with Crippen molar-refractivity contribution in [2.75, 3.05) is 5.32 Å². The number of anilines is 1. The molecule has 0 aliphatic rings. The number of nitrogens with one attached hydrogen (secondary N) is 1. The van der Waals surface area contributed by atoms with E-state index in [4.69, 9.17) is 4.42 Å². The summed E-state index contributed by atoms with van der Waals surface area (Å²) in [6.45, 7) is 1.87. The largest absolute Gasteiger partial charge is 0.550 e. The summed E-state index contributed by atoms with van der Waals surface area (Å²) in [5.74, 6) is 0.0106. The van der Waals surface area contributed by atoms with Crippen molar-refractivity contribution >= 4 is 17.6 Å². The predicted octanol–water partition coefficient (Wildman–Crippen LogP) is 1.72. The third-order valence-electron chi connectivity index (χ3n) is 2.75. The molecule has 2 aromatic rings. The Hall–Kier alpha value is -2.56. The lowest BCUT2D eigenvalue weighted by Gasteiger charge is -2.06. The van der Waals surface area contributed by atoms with E-state index in [0.717, 1.165) is 17.1 Å². The van der Waals surface area contributed by atoms with Gasteiger partial charge in [0, 0.05) is 23.6 Å². The van der Waals surface area contributed by atoms with Gasteiger partial charge in [0.05, 0.1) is 0 Å². The minimum atomic E-state index is -1.23. The summed E-state index contributed by atoms with van der Waals surface area (Å²) in [5.41, 5.74) is 1.52. The first kappa shape index (κ1) is 13.9. The summed E-state index contributed by atoms with van der Waals surface area (Å²) in [7, 11) is 0. The molecule has 1 aromatic heterocycles. The van der Waals surface area contributed by atoms with Crippen molar-refractivity contribution in [2.24, 2.45) is 0 Å². The van der Waals surface area contributed by atoms with E-state index in [-0.39, 0.29) is 18.7 Å². The molecule has 0 bridgehead atoms. The standard InChI is InChI=1S/C15H15NO4/c1-10-2-7-13(20-10)11-3-5-12(6-4-11)16-14(17)8-9-15(18)19/h2-7H,8-9H2,1H3,(H,16,17)(H,18,19)/p-1. The topological polar surface area (TPSA) is 82.4 Å². The molecule has 1 aromatic carbocycles. The van der Waals surface area contributed by atoms with Crippen molar-refractivity contribution in [3.05, 3.63) is 42.2 Å². The molecule has 0 fully saturated rings. The number of carbonyl (C=O) groups excluding carboxylic acids is 2. The fourth-order valence-corrected chi connectivity index (χ4v) is 1.75. The van der Waals surface area contributed by atoms with E-state index in [0.29, 0.717) is 5.69 Å². The van der Waals surface area contributed by atoms with Crippen LogP contribution >= 0.6 is 0 Å². The van der Waals surface area contributed by atoms with Gasteiger partial charge >= 0.3 is 0 Å². The van der Waals surface area contributed by atoms with Crippen LogP contribution in [0, 0.1) is 6.92 Å². The van der Waals surface area contributed by atoms with E-state index in [9.17, 15) is 14.7 Å². The van der Waals surface area contributed by atoms with Crippen molar-refractivity contribution < 1.29 is 19.1 Å². The normalized spacial score (nSPS) is 10.2. The van der Waals surface area contributed by atoms with Crippen LogP contribution in [-0.4, -0.2) is 11.9 Å². The zero-order chi connectivity index (χ0) is 14.5. The molecule has 1 N–H and O–H groups in total. The third-order valence-corrected chi connectivity index (χ3v) is 2.75. The molecule has 0 spiro atoms. The van der Waals surface area contributed by atoms with Gasteiger partial charge in [0.1, 0.15) is 11.5 Å². The maximum Gasteiger partial charge on any atom is 0.224 e. The maximum absolute atomic E-state index is 11.5. The van der Waals surface area contributed by atoms with E-state index in [1.165, 1.54) is 0 Å². The molecule has 0 saturated heterocycles. The summed E-state index contributed by atoms with van der Waals surface area (Å²) in [5, 5.41) is 12.9. The fraction of sp³-hybridized carbons (Fsp3) is 0.200. The summed E-state index contributed by atoms with van der Waals surface area (Å²) in [4.78, 5) is 21.7. The number of hydrogen-bond acceptors (Lipinski definition) is 4. The van der Waals surface area contributed by atoms with Crippen LogP contribution < -0.4 is 10.4 Å². The molecule has 1 heterocycles. The minimum Gasteiger partial charge on any atom is -0.550 e. The van der Waals surface area contributed by atoms with Gasteiger partial charge in [0.15, 0.2) is 0 Å². The number of aryl methyl sites for hydroxylation is 1. The zero-order valence-electron chi connectivity index (χ0n) is 11.0. The summed E-state index contributed by atoms with van der Waals surface area (Å²) >= 11 is 0. The Kier molecular flexibility index (Phi) is 4.20. The van der Waals surface area contributed by atoms with Crippen LogP contribution in [0.3, 0.4) is 0 Å². The number of carboxylic acids is 1. The lowest BCUT2D eigenvalue weighted by molar-refractivity contribution is -0.305. The van der Waals surface area contributed by atoms with Gasteiger partial charge in [0.25, 0.3) is 0 Å². The van der Waals surface area contributed by atoms with Gasteiger partial charge in [0.2, 0.25) is 5.91 Å². The number of carboxylic acid groups (broad SMARTS) is 1. The molecular weight excluding hydrogens is 258 g/mol. The second-order valence-electron chi connectivity index (χ2n) is 4.41. The maximum atomic E-state index is 11.5. The molecule has 0 unspecified atom stereocenters. The van der Waals surface area contributed by atoms with Crippen LogP contribution in [0.15, 0.2) is 40.8 Å². The predicted molar refractivity (Wildman–Crippen MR) is 71.8 cm³/mol. The number of carbonyl (C=O) groups is 2. The Morgan fingerprint density at radius 1 is 1.10 bits per heavy atom. The van der Waals surface area contributed by atoms with Gasteiger partial charge in [-0.15, -0.1) is 0 Å².